The fourth-order valence-corrected chi connectivity index (χ4v) is 0.284. The van der Waals surface area contributed by atoms with Gasteiger partial charge >= 0.3 is 67.4 Å². The van der Waals surface area contributed by atoms with Gasteiger partial charge in [-0.1, -0.05) is 5.92 Å². The molecule has 0 aromatic rings. The Hall–Kier alpha value is 1.55. The van der Waals surface area contributed by atoms with Crippen LogP contribution in [0.2, 0.25) is 0 Å². The van der Waals surface area contributed by atoms with E-state index in [1.165, 1.54) is 6.92 Å². The van der Waals surface area contributed by atoms with Gasteiger partial charge in [-0.2, -0.15) is 0 Å². The van der Waals surface area contributed by atoms with Crippen LogP contribution in [-0.4, -0.2) is 64.0 Å². The molecule has 0 radical (unpaired) electrons. The molecule has 0 spiro atoms. The topological polar surface area (TPSA) is 46.5 Å². The van der Waals surface area contributed by atoms with Gasteiger partial charge in [-0.15, -0.1) is 0 Å². The van der Waals surface area contributed by atoms with Gasteiger partial charge in [-0.05, 0) is 0 Å². The third-order valence-corrected chi connectivity index (χ3v) is 0.517. The molecule has 0 rings (SSSR count). The van der Waals surface area contributed by atoms with Gasteiger partial charge in [-0.25, -0.2) is 4.57 Å². The van der Waals surface area contributed by atoms with E-state index in [9.17, 15) is 4.57 Å². The number of hydrogen-bond acceptors (Lipinski definition) is 2. The molecule has 1 unspecified atom stereocenters. The van der Waals surface area contributed by atoms with Crippen LogP contribution in [0, 0.1) is 12.0 Å². The van der Waals surface area contributed by atoms with Gasteiger partial charge in [0.15, 0.2) is 0 Å². The average molecular weight is 168 g/mol. The molecule has 6 heteroatoms. The first-order valence-corrected chi connectivity index (χ1v) is 2.85. The summed E-state index contributed by atoms with van der Waals surface area (Å²) in [7, 11) is -2.82. The van der Waals surface area contributed by atoms with E-state index in [4.69, 9.17) is 4.89 Å². The van der Waals surface area contributed by atoms with Crippen LogP contribution < -0.4 is 0 Å². The van der Waals surface area contributed by atoms with Gasteiger partial charge in [0.05, 0.1) is 0 Å². The van der Waals surface area contributed by atoms with E-state index < -0.39 is 8.25 Å². The van der Waals surface area contributed by atoms with Crippen LogP contribution in [0.4, 0.5) is 0 Å². The van der Waals surface area contributed by atoms with Gasteiger partial charge in [0.1, 0.15) is 6.11 Å². The first-order chi connectivity index (χ1) is 3.27. The summed E-state index contributed by atoms with van der Waals surface area (Å²) in [6, 6.07) is 0. The van der Waals surface area contributed by atoms with Crippen molar-refractivity contribution in [3.05, 3.63) is 0 Å². The summed E-state index contributed by atoms with van der Waals surface area (Å²) < 4.78 is 13.6. The monoisotopic (exact) mass is 168 g/mol. The van der Waals surface area contributed by atoms with Gasteiger partial charge in [0, 0.05) is 6.92 Å². The summed E-state index contributed by atoms with van der Waals surface area (Å²) in [6.45, 7) is 1.52. The van der Waals surface area contributed by atoms with Crippen molar-refractivity contribution < 1.29 is 14.0 Å². The molecule has 1 atom stereocenters. The van der Waals surface area contributed by atoms with E-state index in [0.717, 1.165) is 0 Å². The average Bonchev–Trinajstić information content (AvgIpc) is 1.61. The van der Waals surface area contributed by atoms with Crippen LogP contribution in [0.3, 0.4) is 0 Å². The fraction of sp³-hybridized carbons (Fsp3) is 0.333. The van der Waals surface area contributed by atoms with Crippen molar-refractivity contribution in [3.63, 3.8) is 0 Å². The van der Waals surface area contributed by atoms with E-state index in [2.05, 4.69) is 10.4 Å². The molecule has 0 aromatic carbocycles. The van der Waals surface area contributed by atoms with Crippen molar-refractivity contribution in [3.8, 4) is 12.0 Å². The second-order valence-corrected chi connectivity index (χ2v) is 1.46. The third kappa shape index (κ3) is 17.7. The molecule has 0 aromatic heterocycles. The summed E-state index contributed by atoms with van der Waals surface area (Å²) in [6.07, 6.45) is 1.98. The molecule has 0 fully saturated rings. The maximum absolute atomic E-state index is 9.62. The Labute approximate surface area is 99.1 Å². The van der Waals surface area contributed by atoms with Crippen LogP contribution in [0.15, 0.2) is 0 Å². The molecule has 0 aliphatic rings. The molecule has 0 aliphatic carbocycles. The molecule has 0 amide bonds. The Bertz CT molecular complexity index is 127. The molecule has 9 heavy (non-hydrogen) atoms. The van der Waals surface area contributed by atoms with Crippen LogP contribution in [-0.2, 0) is 9.09 Å². The Morgan fingerprint density at radius 2 is 2.00 bits per heavy atom. The van der Waals surface area contributed by atoms with Crippen LogP contribution in [0.25, 0.3) is 0 Å². The van der Waals surface area contributed by atoms with E-state index in [-0.39, 0.29) is 59.1 Å². The van der Waals surface area contributed by atoms with Crippen molar-refractivity contribution in [1.29, 1.82) is 0 Å². The van der Waals surface area contributed by atoms with E-state index >= 15 is 0 Å². The maximum atomic E-state index is 9.62. The zero-order chi connectivity index (χ0) is 5.70. The van der Waals surface area contributed by atoms with Crippen LogP contribution in [0.1, 0.15) is 6.92 Å². The van der Waals surface area contributed by atoms with Crippen molar-refractivity contribution in [2.45, 2.75) is 6.92 Å². The fourth-order valence-electron chi connectivity index (χ4n) is 0.0947. The zero-order valence-corrected chi connectivity index (χ0v) is 4.76. The molecule has 0 saturated carbocycles. The summed E-state index contributed by atoms with van der Waals surface area (Å²) in [4.78, 5) is 7.91. The predicted molar refractivity (Wildman–Crippen MR) is 40.1 cm³/mol. The molecule has 44 valence electrons. The third-order valence-electron chi connectivity index (χ3n) is 0.240. The van der Waals surface area contributed by atoms with Gasteiger partial charge < -0.3 is 9.42 Å². The molecular weight excluding hydrogens is 161 g/mol. The van der Waals surface area contributed by atoms with E-state index in [1.807, 2.05) is 6.11 Å². The van der Waals surface area contributed by atoms with Gasteiger partial charge in [0.2, 0.25) is 0 Å². The number of hydrogen-bond donors (Lipinski definition) is 1. The molecular formula is C3H7Na2O3P. The second-order valence-electron chi connectivity index (χ2n) is 0.720. The van der Waals surface area contributed by atoms with Crippen molar-refractivity contribution in [1.82, 2.24) is 0 Å². The van der Waals surface area contributed by atoms with E-state index in [0.29, 0.717) is 0 Å². The summed E-state index contributed by atoms with van der Waals surface area (Å²) in [5, 5.41) is 0. The standard InChI is InChI=1S/C3H5O3P.2Na.2H/c1-2-3-6-7(4)5;;;;/h7H,1H3,(H,4,5);;;;. The molecule has 0 aliphatic heterocycles. The van der Waals surface area contributed by atoms with Crippen molar-refractivity contribution in [2.75, 3.05) is 0 Å². The second kappa shape index (κ2) is 12.2. The van der Waals surface area contributed by atoms with Gasteiger partial charge in [-0.3, -0.25) is 0 Å². The predicted octanol–water partition coefficient (Wildman–Crippen LogP) is -0.931. The van der Waals surface area contributed by atoms with Crippen LogP contribution in [0.5, 0.6) is 0 Å². The van der Waals surface area contributed by atoms with Crippen molar-refractivity contribution >= 4 is 67.4 Å². The Kier molecular flexibility index (Phi) is 23.0. The van der Waals surface area contributed by atoms with E-state index in [1.54, 1.807) is 0 Å². The van der Waals surface area contributed by atoms with Gasteiger partial charge in [0.25, 0.3) is 0 Å². The summed E-state index contributed by atoms with van der Waals surface area (Å²) in [5.74, 6) is 2.29. The normalized spacial score (nSPS) is 8.67. The molecule has 3 nitrogen and oxygen atoms in total. The summed E-state index contributed by atoms with van der Waals surface area (Å²) in [5.41, 5.74) is 0. The first kappa shape index (κ1) is 16.9. The minimum absolute atomic E-state index is 0. The van der Waals surface area contributed by atoms with Crippen LogP contribution >= 0.6 is 8.25 Å². The molecule has 0 bridgehead atoms. The summed E-state index contributed by atoms with van der Waals surface area (Å²) >= 11 is 0. The Balaban J connectivity index is -0.000000180. The molecule has 0 saturated heterocycles. The quantitative estimate of drug-likeness (QED) is 0.312. The van der Waals surface area contributed by atoms with Crippen molar-refractivity contribution in [2.24, 2.45) is 0 Å². The zero-order valence-electron chi connectivity index (χ0n) is 3.76. The first-order valence-electron chi connectivity index (χ1n) is 1.59. The number of rotatable bonds is 1. The Morgan fingerprint density at radius 3 is 2.11 bits per heavy atom. The molecule has 0 heterocycles. The molecule has 1 N–H and O–H groups in total. The minimum atomic E-state index is -2.82. The Morgan fingerprint density at radius 1 is 1.56 bits per heavy atom. The SMILES string of the molecule is CC#CO[PH](=O)O.[NaH].[NaH].